The minimum atomic E-state index is 0.522. The molecular formula is C16H20N4. The summed E-state index contributed by atoms with van der Waals surface area (Å²) >= 11 is 0. The first-order chi connectivity index (χ1) is 9.70. The topological polar surface area (TPSA) is 49.8 Å². The van der Waals surface area contributed by atoms with Crippen LogP contribution in [0.3, 0.4) is 0 Å². The normalized spacial score (nSPS) is 14.3. The van der Waals surface area contributed by atoms with Crippen LogP contribution in [-0.4, -0.2) is 16.0 Å². The van der Waals surface area contributed by atoms with Gasteiger partial charge in [-0.25, -0.2) is 9.97 Å². The van der Waals surface area contributed by atoms with Crippen molar-refractivity contribution in [2.24, 2.45) is 0 Å². The second kappa shape index (κ2) is 5.49. The number of benzene rings is 1. The molecule has 0 radical (unpaired) electrons. The maximum absolute atomic E-state index is 4.27. The van der Waals surface area contributed by atoms with Crippen molar-refractivity contribution in [1.82, 2.24) is 9.97 Å². The number of rotatable bonds is 5. The Bertz CT molecular complexity index is 591. The summed E-state index contributed by atoms with van der Waals surface area (Å²) in [6.45, 7) is 4.39. The van der Waals surface area contributed by atoms with Crippen molar-refractivity contribution >= 4 is 17.3 Å². The molecule has 20 heavy (non-hydrogen) atoms. The minimum absolute atomic E-state index is 0.522. The quantitative estimate of drug-likeness (QED) is 0.863. The van der Waals surface area contributed by atoms with Crippen LogP contribution >= 0.6 is 0 Å². The van der Waals surface area contributed by atoms with Gasteiger partial charge in [0.2, 0.25) is 0 Å². The molecule has 104 valence electrons. The zero-order valence-electron chi connectivity index (χ0n) is 11.9. The molecule has 4 nitrogen and oxygen atoms in total. The van der Waals surface area contributed by atoms with Gasteiger partial charge in [-0.1, -0.05) is 26.0 Å². The second-order valence-corrected chi connectivity index (χ2v) is 5.61. The summed E-state index contributed by atoms with van der Waals surface area (Å²) in [4.78, 5) is 8.52. The fourth-order valence-electron chi connectivity index (χ4n) is 2.06. The first-order valence-electron chi connectivity index (χ1n) is 7.16. The standard InChI is InChI=1S/C16H20N4/c1-11(2)12-4-3-5-14(8-12)20-16-9-15(17-10-18-16)19-13-6-7-13/h3-5,8-11,13H,6-7H2,1-2H3,(H2,17,18,19,20). The summed E-state index contributed by atoms with van der Waals surface area (Å²) in [7, 11) is 0. The van der Waals surface area contributed by atoms with Crippen LogP contribution < -0.4 is 10.6 Å². The lowest BCUT2D eigenvalue weighted by molar-refractivity contribution is 0.867. The smallest absolute Gasteiger partial charge is 0.135 e. The average molecular weight is 268 g/mol. The first kappa shape index (κ1) is 12.9. The molecule has 0 atom stereocenters. The molecule has 1 aliphatic rings. The van der Waals surface area contributed by atoms with Crippen molar-refractivity contribution in [2.45, 2.75) is 38.6 Å². The van der Waals surface area contributed by atoms with Gasteiger partial charge in [-0.05, 0) is 36.5 Å². The van der Waals surface area contributed by atoms with E-state index in [9.17, 15) is 0 Å². The van der Waals surface area contributed by atoms with E-state index in [1.54, 1.807) is 6.33 Å². The van der Waals surface area contributed by atoms with Crippen molar-refractivity contribution < 1.29 is 0 Å². The molecule has 0 unspecified atom stereocenters. The minimum Gasteiger partial charge on any atom is -0.367 e. The zero-order valence-corrected chi connectivity index (χ0v) is 11.9. The van der Waals surface area contributed by atoms with Crippen LogP contribution in [-0.2, 0) is 0 Å². The van der Waals surface area contributed by atoms with Gasteiger partial charge in [-0.3, -0.25) is 0 Å². The Morgan fingerprint density at radius 3 is 2.65 bits per heavy atom. The molecular weight excluding hydrogens is 248 g/mol. The van der Waals surface area contributed by atoms with Crippen LogP contribution in [0.25, 0.3) is 0 Å². The van der Waals surface area contributed by atoms with E-state index in [2.05, 4.69) is 58.7 Å². The van der Waals surface area contributed by atoms with Crippen LogP contribution in [0.2, 0.25) is 0 Å². The van der Waals surface area contributed by atoms with Crippen molar-refractivity contribution in [1.29, 1.82) is 0 Å². The van der Waals surface area contributed by atoms with Gasteiger partial charge in [0.15, 0.2) is 0 Å². The maximum Gasteiger partial charge on any atom is 0.135 e. The van der Waals surface area contributed by atoms with Gasteiger partial charge >= 0.3 is 0 Å². The predicted octanol–water partition coefficient (Wildman–Crippen LogP) is 3.92. The Kier molecular flexibility index (Phi) is 3.54. The number of hydrogen-bond donors (Lipinski definition) is 2. The second-order valence-electron chi connectivity index (χ2n) is 5.61. The molecule has 4 heteroatoms. The fourth-order valence-corrected chi connectivity index (χ4v) is 2.06. The van der Waals surface area contributed by atoms with Gasteiger partial charge in [0.25, 0.3) is 0 Å². The molecule has 1 fully saturated rings. The lowest BCUT2D eigenvalue weighted by Gasteiger charge is -2.10. The third kappa shape index (κ3) is 3.26. The van der Waals surface area contributed by atoms with E-state index >= 15 is 0 Å². The van der Waals surface area contributed by atoms with Gasteiger partial charge in [-0.15, -0.1) is 0 Å². The van der Waals surface area contributed by atoms with Crippen LogP contribution in [0.4, 0.5) is 17.3 Å². The molecule has 1 saturated carbocycles. The molecule has 0 amide bonds. The molecule has 2 aromatic rings. The van der Waals surface area contributed by atoms with Crippen LogP contribution in [0, 0.1) is 0 Å². The van der Waals surface area contributed by atoms with Gasteiger partial charge < -0.3 is 10.6 Å². The number of anilines is 3. The largest absolute Gasteiger partial charge is 0.367 e. The van der Waals surface area contributed by atoms with Gasteiger partial charge in [-0.2, -0.15) is 0 Å². The summed E-state index contributed by atoms with van der Waals surface area (Å²) in [6, 6.07) is 11.0. The van der Waals surface area contributed by atoms with E-state index < -0.39 is 0 Å². The van der Waals surface area contributed by atoms with Gasteiger partial charge in [0.1, 0.15) is 18.0 Å². The summed E-state index contributed by atoms with van der Waals surface area (Å²) in [6.07, 6.45) is 4.08. The highest BCUT2D eigenvalue weighted by atomic mass is 15.1. The summed E-state index contributed by atoms with van der Waals surface area (Å²) in [5.41, 5.74) is 2.38. The lowest BCUT2D eigenvalue weighted by Crippen LogP contribution is -2.04. The van der Waals surface area contributed by atoms with Crippen LogP contribution in [0.15, 0.2) is 36.7 Å². The van der Waals surface area contributed by atoms with Crippen molar-refractivity contribution in [3.05, 3.63) is 42.2 Å². The Morgan fingerprint density at radius 1 is 1.10 bits per heavy atom. The molecule has 1 aliphatic carbocycles. The Morgan fingerprint density at radius 2 is 1.90 bits per heavy atom. The zero-order chi connectivity index (χ0) is 13.9. The number of hydrogen-bond acceptors (Lipinski definition) is 4. The van der Waals surface area contributed by atoms with Gasteiger partial charge in [0.05, 0.1) is 0 Å². The number of nitrogens with one attached hydrogen (secondary N) is 2. The first-order valence-corrected chi connectivity index (χ1v) is 7.16. The third-order valence-electron chi connectivity index (χ3n) is 3.42. The van der Waals surface area contributed by atoms with Crippen molar-refractivity contribution in [3.63, 3.8) is 0 Å². The monoisotopic (exact) mass is 268 g/mol. The molecule has 2 N–H and O–H groups in total. The van der Waals surface area contributed by atoms with E-state index in [0.29, 0.717) is 12.0 Å². The van der Waals surface area contributed by atoms with Crippen LogP contribution in [0.1, 0.15) is 38.2 Å². The van der Waals surface area contributed by atoms with E-state index in [-0.39, 0.29) is 0 Å². The molecule has 0 bridgehead atoms. The fraction of sp³-hybridized carbons (Fsp3) is 0.375. The van der Waals surface area contributed by atoms with E-state index in [1.807, 2.05) is 6.07 Å². The number of nitrogens with zero attached hydrogens (tertiary/aromatic N) is 2. The highest BCUT2D eigenvalue weighted by molar-refractivity contribution is 5.59. The molecule has 3 rings (SSSR count). The van der Waals surface area contributed by atoms with E-state index in [0.717, 1.165) is 17.3 Å². The van der Waals surface area contributed by atoms with Crippen molar-refractivity contribution in [2.75, 3.05) is 10.6 Å². The molecule has 0 aliphatic heterocycles. The Balaban J connectivity index is 1.74. The summed E-state index contributed by atoms with van der Waals surface area (Å²) in [5, 5.41) is 6.72. The van der Waals surface area contributed by atoms with E-state index in [4.69, 9.17) is 0 Å². The molecule has 0 saturated heterocycles. The van der Waals surface area contributed by atoms with E-state index in [1.165, 1.54) is 18.4 Å². The third-order valence-corrected chi connectivity index (χ3v) is 3.42. The SMILES string of the molecule is CC(C)c1cccc(Nc2cc(NC3CC3)ncn2)c1. The van der Waals surface area contributed by atoms with Gasteiger partial charge in [0, 0.05) is 17.8 Å². The summed E-state index contributed by atoms with van der Waals surface area (Å²) < 4.78 is 0. The summed E-state index contributed by atoms with van der Waals surface area (Å²) in [5.74, 6) is 2.24. The molecule has 0 spiro atoms. The van der Waals surface area contributed by atoms with Crippen molar-refractivity contribution in [3.8, 4) is 0 Å². The van der Waals surface area contributed by atoms with Crippen LogP contribution in [0.5, 0.6) is 0 Å². The highest BCUT2D eigenvalue weighted by Crippen LogP contribution is 2.25. The predicted molar refractivity (Wildman–Crippen MR) is 82.5 cm³/mol. The highest BCUT2D eigenvalue weighted by Gasteiger charge is 2.21. The molecule has 1 aromatic heterocycles. The Hall–Kier alpha value is -2.10. The molecule has 1 aromatic carbocycles. The average Bonchev–Trinajstić information content (AvgIpc) is 3.23. The Labute approximate surface area is 119 Å². The maximum atomic E-state index is 4.27. The lowest BCUT2D eigenvalue weighted by atomic mass is 10.0. The molecule has 1 heterocycles. The number of aromatic nitrogens is 2.